The molecule has 0 aliphatic carbocycles. The van der Waals surface area contributed by atoms with Crippen LogP contribution in [0.3, 0.4) is 0 Å². The zero-order valence-electron chi connectivity index (χ0n) is 27.1. The molecule has 0 spiro atoms. The number of ether oxygens (including phenoxy) is 3. The van der Waals surface area contributed by atoms with E-state index in [0.717, 1.165) is 24.0 Å². The van der Waals surface area contributed by atoms with Crippen molar-refractivity contribution in [2.45, 2.75) is 110 Å². The molecule has 0 unspecified atom stereocenters. The van der Waals surface area contributed by atoms with E-state index in [1.165, 1.54) is 88.5 Å². The molecule has 242 valence electrons. The minimum atomic E-state index is -0.625. The Hall–Kier alpha value is -4.07. The van der Waals surface area contributed by atoms with Crippen molar-refractivity contribution >= 4 is 17.9 Å². The lowest BCUT2D eigenvalue weighted by Crippen LogP contribution is -2.20. The summed E-state index contributed by atoms with van der Waals surface area (Å²) in [5.41, 5.74) is 2.61. The van der Waals surface area contributed by atoms with Crippen LogP contribution in [0.15, 0.2) is 60.9 Å². The molecule has 0 N–H and O–H groups in total. The average molecular weight is 617 g/mol. The number of aromatic nitrogens is 2. The summed E-state index contributed by atoms with van der Waals surface area (Å²) in [7, 11) is 0. The summed E-state index contributed by atoms with van der Waals surface area (Å²) in [6.45, 7) is 5.87. The minimum Gasteiger partial charge on any atom is -0.466 e. The molecule has 1 heterocycles. The second-order valence-electron chi connectivity index (χ2n) is 11.4. The number of unbranched alkanes of at least 4 members (excludes halogenated alkanes) is 10. The molecule has 0 aliphatic rings. The molecule has 0 saturated carbocycles. The molecule has 3 aromatic rings. The van der Waals surface area contributed by atoms with Gasteiger partial charge in [0, 0.05) is 18.0 Å². The van der Waals surface area contributed by atoms with Crippen LogP contribution >= 0.6 is 0 Å². The average Bonchev–Trinajstić information content (AvgIpc) is 3.04. The van der Waals surface area contributed by atoms with E-state index in [0.29, 0.717) is 11.4 Å². The van der Waals surface area contributed by atoms with Gasteiger partial charge in [0.25, 0.3) is 0 Å². The van der Waals surface area contributed by atoms with Crippen molar-refractivity contribution in [3.05, 3.63) is 77.6 Å². The maximum Gasteiger partial charge on any atom is 0.343 e. The van der Waals surface area contributed by atoms with Gasteiger partial charge in [-0.3, -0.25) is 4.79 Å². The van der Waals surface area contributed by atoms with Crippen molar-refractivity contribution < 1.29 is 28.6 Å². The van der Waals surface area contributed by atoms with E-state index in [-0.39, 0.29) is 24.3 Å². The third kappa shape index (κ3) is 13.2. The van der Waals surface area contributed by atoms with E-state index in [4.69, 9.17) is 14.2 Å². The molecule has 8 nitrogen and oxygen atoms in total. The number of benzene rings is 2. The highest BCUT2D eigenvalue weighted by Gasteiger charge is 2.17. The van der Waals surface area contributed by atoms with Crippen molar-refractivity contribution in [2.24, 2.45) is 0 Å². The van der Waals surface area contributed by atoms with Crippen molar-refractivity contribution in [1.82, 2.24) is 9.97 Å². The summed E-state index contributed by atoms with van der Waals surface area (Å²) in [5.74, 6) is -0.634. The first-order chi connectivity index (χ1) is 21.9. The molecule has 0 radical (unpaired) electrons. The van der Waals surface area contributed by atoms with Crippen LogP contribution in [0.5, 0.6) is 5.75 Å². The number of carbonyl (C=O) groups excluding carboxylic acids is 3. The maximum absolute atomic E-state index is 12.7. The molecule has 0 aliphatic heterocycles. The Balaban J connectivity index is 1.38. The molecular formula is C37H48N2O6. The van der Waals surface area contributed by atoms with Crippen molar-refractivity contribution in [1.29, 1.82) is 0 Å². The second kappa shape index (κ2) is 20.1. The van der Waals surface area contributed by atoms with Gasteiger partial charge in [-0.1, -0.05) is 83.3 Å². The van der Waals surface area contributed by atoms with Gasteiger partial charge >= 0.3 is 17.9 Å². The summed E-state index contributed by atoms with van der Waals surface area (Å²) >= 11 is 0. The lowest BCUT2D eigenvalue weighted by molar-refractivity contribution is -0.145. The predicted octanol–water partition coefficient (Wildman–Crippen LogP) is 8.71. The molecule has 8 heteroatoms. The molecule has 1 aromatic heterocycles. The predicted molar refractivity (Wildman–Crippen MR) is 175 cm³/mol. The minimum absolute atomic E-state index is 0.0228. The quantitative estimate of drug-likeness (QED) is 0.0705. The highest BCUT2D eigenvalue weighted by atomic mass is 16.6. The Morgan fingerprint density at radius 1 is 0.689 bits per heavy atom. The number of hydrogen-bond acceptors (Lipinski definition) is 8. The molecule has 2 aromatic carbocycles. The number of aryl methyl sites for hydroxylation is 1. The van der Waals surface area contributed by atoms with E-state index < -0.39 is 24.0 Å². The third-order valence-electron chi connectivity index (χ3n) is 7.52. The van der Waals surface area contributed by atoms with Gasteiger partial charge in [0.15, 0.2) is 5.82 Å². The largest absolute Gasteiger partial charge is 0.466 e. The van der Waals surface area contributed by atoms with Crippen molar-refractivity contribution in [3.8, 4) is 17.1 Å². The number of hydrogen-bond donors (Lipinski definition) is 0. The molecule has 45 heavy (non-hydrogen) atoms. The standard InChI is InChI=1S/C37H48N2O6/c1-4-6-7-8-9-10-11-12-13-14-15-16-29-26-38-35(39-27-29)30-17-19-31(20-18-30)37(42)45-33-23-21-32(22-24-33)36(41)44-28(3)25-34(40)43-5-2/h17-24,26-28H,4-16,25H2,1-3H3/t28-/m1/s1. The summed E-state index contributed by atoms with van der Waals surface area (Å²) in [6, 6.07) is 13.0. The number of rotatable bonds is 20. The van der Waals surface area contributed by atoms with Gasteiger partial charge in [-0.15, -0.1) is 0 Å². The highest BCUT2D eigenvalue weighted by molar-refractivity contribution is 5.92. The van der Waals surface area contributed by atoms with E-state index in [9.17, 15) is 14.4 Å². The topological polar surface area (TPSA) is 105 Å². The fourth-order valence-electron chi connectivity index (χ4n) is 4.95. The SMILES string of the molecule is CCCCCCCCCCCCCc1cnc(-c2ccc(C(=O)Oc3ccc(C(=O)O[C@H](C)CC(=O)OCC)cc3)cc2)nc1. The molecule has 0 fully saturated rings. The van der Waals surface area contributed by atoms with Crippen LogP contribution in [-0.2, 0) is 20.7 Å². The number of carbonyl (C=O) groups is 3. The Bertz CT molecular complexity index is 1310. The first-order valence-corrected chi connectivity index (χ1v) is 16.5. The number of nitrogens with zero attached hydrogens (tertiary/aromatic N) is 2. The van der Waals surface area contributed by atoms with Crippen molar-refractivity contribution in [2.75, 3.05) is 6.61 Å². The lowest BCUT2D eigenvalue weighted by atomic mass is 10.0. The normalized spacial score (nSPS) is 11.5. The molecular weight excluding hydrogens is 568 g/mol. The fraction of sp³-hybridized carbons (Fsp3) is 0.486. The molecule has 3 rings (SSSR count). The van der Waals surface area contributed by atoms with E-state index >= 15 is 0 Å². The van der Waals surface area contributed by atoms with Gasteiger partial charge in [-0.2, -0.15) is 0 Å². The van der Waals surface area contributed by atoms with Gasteiger partial charge in [0.2, 0.25) is 0 Å². The first-order valence-electron chi connectivity index (χ1n) is 16.5. The maximum atomic E-state index is 12.7. The smallest absolute Gasteiger partial charge is 0.343 e. The van der Waals surface area contributed by atoms with Gasteiger partial charge in [-0.05, 0) is 68.7 Å². The van der Waals surface area contributed by atoms with Crippen LogP contribution < -0.4 is 4.74 Å². The van der Waals surface area contributed by atoms with Crippen LogP contribution in [0.25, 0.3) is 11.4 Å². The zero-order valence-corrected chi connectivity index (χ0v) is 27.1. The van der Waals surface area contributed by atoms with E-state index in [2.05, 4.69) is 16.9 Å². The second-order valence-corrected chi connectivity index (χ2v) is 11.4. The Kier molecular flexibility index (Phi) is 15.8. The molecule has 0 saturated heterocycles. The van der Waals surface area contributed by atoms with Crippen molar-refractivity contribution in [3.63, 3.8) is 0 Å². The Labute approximate surface area is 267 Å². The molecule has 1 atom stereocenters. The monoisotopic (exact) mass is 616 g/mol. The van der Waals surface area contributed by atoms with Gasteiger partial charge in [-0.25, -0.2) is 19.6 Å². The fourth-order valence-corrected chi connectivity index (χ4v) is 4.95. The van der Waals surface area contributed by atoms with Gasteiger partial charge in [0.1, 0.15) is 11.9 Å². The van der Waals surface area contributed by atoms with Crippen LogP contribution in [0.1, 0.15) is 124 Å². The summed E-state index contributed by atoms with van der Waals surface area (Å²) in [6.07, 6.45) is 18.7. The van der Waals surface area contributed by atoms with Crippen LogP contribution in [0.2, 0.25) is 0 Å². The summed E-state index contributed by atoms with van der Waals surface area (Å²) in [5, 5.41) is 0. The Morgan fingerprint density at radius 3 is 1.80 bits per heavy atom. The third-order valence-corrected chi connectivity index (χ3v) is 7.52. The van der Waals surface area contributed by atoms with Gasteiger partial charge < -0.3 is 14.2 Å². The molecule has 0 amide bonds. The lowest BCUT2D eigenvalue weighted by Gasteiger charge is -2.12. The number of esters is 3. The van der Waals surface area contributed by atoms with Crippen LogP contribution in [0, 0.1) is 0 Å². The van der Waals surface area contributed by atoms with Crippen LogP contribution in [-0.4, -0.2) is 40.6 Å². The summed E-state index contributed by atoms with van der Waals surface area (Å²) in [4.78, 5) is 45.7. The summed E-state index contributed by atoms with van der Waals surface area (Å²) < 4.78 is 15.6. The Morgan fingerprint density at radius 2 is 1.22 bits per heavy atom. The highest BCUT2D eigenvalue weighted by Crippen LogP contribution is 2.20. The van der Waals surface area contributed by atoms with E-state index in [1.54, 1.807) is 38.1 Å². The first kappa shape index (κ1) is 35.4. The molecule has 0 bridgehead atoms. The zero-order chi connectivity index (χ0) is 32.3. The van der Waals surface area contributed by atoms with E-state index in [1.807, 2.05) is 12.4 Å². The van der Waals surface area contributed by atoms with Crippen LogP contribution in [0.4, 0.5) is 0 Å². The van der Waals surface area contributed by atoms with Gasteiger partial charge in [0.05, 0.1) is 24.2 Å².